The summed E-state index contributed by atoms with van der Waals surface area (Å²) < 4.78 is 23.8. The Hall–Kier alpha value is -1.92. The van der Waals surface area contributed by atoms with Crippen LogP contribution in [0.1, 0.15) is 22.1 Å². The Bertz CT molecular complexity index is 880. The minimum atomic E-state index is -4.22. The molecule has 1 aromatic carbocycles. The average molecular weight is 359 g/mol. The summed E-state index contributed by atoms with van der Waals surface area (Å²) in [6.07, 6.45) is 0. The maximum Gasteiger partial charge on any atom is 0.222 e. The number of sulfonamides is 1. The molecule has 0 saturated heterocycles. The van der Waals surface area contributed by atoms with Crippen LogP contribution in [0.2, 0.25) is 10.2 Å². The maximum absolute atomic E-state index is 11.9. The fourth-order valence-electron chi connectivity index (χ4n) is 1.89. The molecule has 0 aliphatic heterocycles. The van der Waals surface area contributed by atoms with E-state index >= 15 is 0 Å². The molecular weight excluding hydrogens is 351 g/mol. The van der Waals surface area contributed by atoms with Crippen LogP contribution in [-0.4, -0.2) is 23.7 Å². The number of hydrogen-bond donors (Lipinski definition) is 2. The van der Waals surface area contributed by atoms with Crippen molar-refractivity contribution in [1.82, 2.24) is 10.2 Å². The van der Waals surface area contributed by atoms with Gasteiger partial charge in [-0.1, -0.05) is 23.2 Å². The lowest BCUT2D eigenvalue weighted by Crippen LogP contribution is -2.24. The van der Waals surface area contributed by atoms with Gasteiger partial charge in [-0.25, -0.2) is 13.6 Å². The predicted octanol–water partition coefficient (Wildman–Crippen LogP) is 1.74. The third-order valence-electron chi connectivity index (χ3n) is 2.70. The van der Waals surface area contributed by atoms with Gasteiger partial charge in [0.2, 0.25) is 10.0 Å². The Balaban J connectivity index is 2.73. The van der Waals surface area contributed by atoms with Gasteiger partial charge in [-0.2, -0.15) is 5.26 Å². The van der Waals surface area contributed by atoms with Crippen molar-refractivity contribution < 1.29 is 13.5 Å². The summed E-state index contributed by atoms with van der Waals surface area (Å²) in [6.45, 7) is 0. The molecule has 10 heteroatoms. The van der Waals surface area contributed by atoms with Gasteiger partial charge in [0.25, 0.3) is 0 Å². The zero-order chi connectivity index (χ0) is 16.5. The molecule has 2 aromatic rings. The fourth-order valence-corrected chi connectivity index (χ4v) is 3.27. The first-order chi connectivity index (χ1) is 10.2. The molecule has 1 atom stereocenters. The first-order valence-corrected chi connectivity index (χ1v) is 8.03. The monoisotopic (exact) mass is 358 g/mol. The lowest BCUT2D eigenvalue weighted by Gasteiger charge is -2.16. The number of hydrogen-bond acceptors (Lipinski definition) is 6. The molecule has 1 heterocycles. The van der Waals surface area contributed by atoms with E-state index in [1.165, 1.54) is 18.2 Å². The van der Waals surface area contributed by atoms with E-state index in [4.69, 9.17) is 33.6 Å². The van der Waals surface area contributed by atoms with Crippen LogP contribution in [0.4, 0.5) is 0 Å². The highest BCUT2D eigenvalue weighted by Crippen LogP contribution is 2.34. The van der Waals surface area contributed by atoms with Crippen molar-refractivity contribution in [3.63, 3.8) is 0 Å². The van der Waals surface area contributed by atoms with Crippen molar-refractivity contribution in [2.75, 3.05) is 0 Å². The first-order valence-electron chi connectivity index (χ1n) is 5.66. The van der Waals surface area contributed by atoms with Crippen LogP contribution in [-0.2, 0) is 10.0 Å². The average Bonchev–Trinajstić information content (AvgIpc) is 2.39. The molecule has 22 heavy (non-hydrogen) atoms. The molecule has 7 nitrogen and oxygen atoms in total. The molecule has 0 bridgehead atoms. The first kappa shape index (κ1) is 16.5. The molecule has 0 aliphatic rings. The highest BCUT2D eigenvalue weighted by Gasteiger charge is 2.31. The van der Waals surface area contributed by atoms with E-state index in [2.05, 4.69) is 10.2 Å². The molecular formula is C12H8Cl2N4O3S. The third-order valence-corrected chi connectivity index (χ3v) is 4.26. The molecule has 2 rings (SSSR count). The number of nitrogens with zero attached hydrogens (tertiary/aromatic N) is 3. The lowest BCUT2D eigenvalue weighted by atomic mass is 10.1. The number of nitriles is 1. The smallest absolute Gasteiger partial charge is 0.222 e. The summed E-state index contributed by atoms with van der Waals surface area (Å²) in [6, 6.07) is 6.85. The molecule has 1 aromatic heterocycles. The zero-order valence-electron chi connectivity index (χ0n) is 10.7. The van der Waals surface area contributed by atoms with Crippen LogP contribution in [0.15, 0.2) is 24.3 Å². The van der Waals surface area contributed by atoms with E-state index < -0.39 is 21.0 Å². The summed E-state index contributed by atoms with van der Waals surface area (Å²) in [5.41, 5.74) is -0.0888. The van der Waals surface area contributed by atoms with Crippen LogP contribution in [0.3, 0.4) is 0 Å². The van der Waals surface area contributed by atoms with Gasteiger partial charge in [0.15, 0.2) is 5.15 Å². The molecule has 0 radical (unpaired) electrons. The summed E-state index contributed by atoms with van der Waals surface area (Å²) in [4.78, 5) is 0. The minimum Gasteiger partial charge on any atom is -0.506 e. The molecule has 3 N–H and O–H groups in total. The van der Waals surface area contributed by atoms with E-state index in [1.807, 2.05) is 6.07 Å². The van der Waals surface area contributed by atoms with Crippen molar-refractivity contribution in [3.05, 3.63) is 51.3 Å². The van der Waals surface area contributed by atoms with Crippen molar-refractivity contribution in [3.8, 4) is 11.8 Å². The molecule has 0 aliphatic carbocycles. The van der Waals surface area contributed by atoms with Gasteiger partial charge in [0, 0.05) is 11.1 Å². The SMILES string of the molecule is N#Cc1cc(Cl)cc(C(c2nnc(Cl)cc2O)S(N)(=O)=O)c1. The Morgan fingerprint density at radius 2 is 1.91 bits per heavy atom. The fraction of sp³-hybridized carbons (Fsp3) is 0.0833. The van der Waals surface area contributed by atoms with Crippen LogP contribution in [0.25, 0.3) is 0 Å². The molecule has 0 spiro atoms. The Kier molecular flexibility index (Phi) is 4.53. The molecule has 114 valence electrons. The van der Waals surface area contributed by atoms with Gasteiger partial charge in [-0.05, 0) is 23.8 Å². The minimum absolute atomic E-state index is 0.0819. The van der Waals surface area contributed by atoms with Gasteiger partial charge in [-0.15, -0.1) is 10.2 Å². The highest BCUT2D eigenvalue weighted by atomic mass is 35.5. The number of nitrogens with two attached hydrogens (primary N) is 1. The summed E-state index contributed by atoms with van der Waals surface area (Å²) in [7, 11) is -4.22. The lowest BCUT2D eigenvalue weighted by molar-refractivity contribution is 0.460. The number of aromatic nitrogens is 2. The topological polar surface area (TPSA) is 130 Å². The Labute approximate surface area is 136 Å². The summed E-state index contributed by atoms with van der Waals surface area (Å²) >= 11 is 11.4. The number of aromatic hydroxyl groups is 1. The van der Waals surface area contributed by atoms with E-state index in [-0.39, 0.29) is 27.0 Å². The van der Waals surface area contributed by atoms with Crippen LogP contribution in [0, 0.1) is 11.3 Å². The molecule has 0 saturated carbocycles. The molecule has 1 unspecified atom stereocenters. The number of primary sulfonamides is 1. The van der Waals surface area contributed by atoms with Gasteiger partial charge in [0.05, 0.1) is 11.6 Å². The van der Waals surface area contributed by atoms with E-state index in [0.717, 1.165) is 6.07 Å². The Morgan fingerprint density at radius 1 is 1.23 bits per heavy atom. The van der Waals surface area contributed by atoms with E-state index in [9.17, 15) is 13.5 Å². The van der Waals surface area contributed by atoms with E-state index in [1.54, 1.807) is 0 Å². The quantitative estimate of drug-likeness (QED) is 0.858. The largest absolute Gasteiger partial charge is 0.506 e. The number of rotatable bonds is 3. The summed E-state index contributed by atoms with van der Waals surface area (Å²) in [5.74, 6) is -0.488. The second-order valence-electron chi connectivity index (χ2n) is 4.29. The number of benzene rings is 1. The van der Waals surface area contributed by atoms with Crippen LogP contribution < -0.4 is 5.14 Å². The second kappa shape index (κ2) is 6.06. The highest BCUT2D eigenvalue weighted by molar-refractivity contribution is 7.89. The van der Waals surface area contributed by atoms with Crippen molar-refractivity contribution in [1.29, 1.82) is 5.26 Å². The molecule has 0 fully saturated rings. The summed E-state index contributed by atoms with van der Waals surface area (Å²) in [5, 5.41) is 29.6. The number of halogens is 2. The van der Waals surface area contributed by atoms with E-state index in [0.29, 0.717) is 0 Å². The maximum atomic E-state index is 11.9. The predicted molar refractivity (Wildman–Crippen MR) is 79.8 cm³/mol. The zero-order valence-corrected chi connectivity index (χ0v) is 13.1. The molecule has 0 amide bonds. The van der Waals surface area contributed by atoms with Crippen LogP contribution >= 0.6 is 23.2 Å². The Morgan fingerprint density at radius 3 is 2.45 bits per heavy atom. The van der Waals surface area contributed by atoms with Crippen molar-refractivity contribution in [2.24, 2.45) is 5.14 Å². The second-order valence-corrected chi connectivity index (χ2v) is 6.76. The standard InChI is InChI=1S/C12H8Cl2N4O3S/c13-8-2-6(5-15)1-7(3-8)12(22(16,20)21)11-9(19)4-10(14)17-18-11/h1-4,12H,(H,17,19)(H2,16,20,21). The van der Waals surface area contributed by atoms with Gasteiger partial charge >= 0.3 is 0 Å². The van der Waals surface area contributed by atoms with Crippen molar-refractivity contribution >= 4 is 33.2 Å². The van der Waals surface area contributed by atoms with Gasteiger partial charge < -0.3 is 5.11 Å². The van der Waals surface area contributed by atoms with Crippen LogP contribution in [0.5, 0.6) is 5.75 Å². The third kappa shape index (κ3) is 3.45. The van der Waals surface area contributed by atoms with Gasteiger partial charge in [-0.3, -0.25) is 0 Å². The van der Waals surface area contributed by atoms with Crippen molar-refractivity contribution in [2.45, 2.75) is 5.25 Å². The normalized spacial score (nSPS) is 12.6. The van der Waals surface area contributed by atoms with Gasteiger partial charge in [0.1, 0.15) is 16.7 Å².